The molecule has 0 spiro atoms. The molecule has 0 unspecified atom stereocenters. The van der Waals surface area contributed by atoms with Crippen molar-refractivity contribution in [1.29, 1.82) is 0 Å². The van der Waals surface area contributed by atoms with Crippen molar-refractivity contribution in [3.8, 4) is 0 Å². The molecule has 0 aromatic rings. The van der Waals surface area contributed by atoms with Crippen molar-refractivity contribution in [2.24, 2.45) is 5.14 Å². The van der Waals surface area contributed by atoms with Crippen molar-refractivity contribution in [3.63, 3.8) is 0 Å². The quantitative estimate of drug-likeness (QED) is 0.553. The molecule has 0 aromatic carbocycles. The van der Waals surface area contributed by atoms with E-state index in [1.165, 1.54) is 44.9 Å². The van der Waals surface area contributed by atoms with Gasteiger partial charge >= 0.3 is 5.30 Å². The van der Waals surface area contributed by atoms with Gasteiger partial charge in [0, 0.05) is 11.9 Å². The molecule has 0 aromatic heterocycles. The highest BCUT2D eigenvalue weighted by Crippen LogP contribution is 2.20. The summed E-state index contributed by atoms with van der Waals surface area (Å²) in [6, 6.07) is 0. The summed E-state index contributed by atoms with van der Waals surface area (Å²) in [4.78, 5) is 11.0. The van der Waals surface area contributed by atoms with Gasteiger partial charge in [-0.15, -0.1) is 0 Å². The van der Waals surface area contributed by atoms with E-state index in [1.807, 2.05) is 0 Å². The summed E-state index contributed by atoms with van der Waals surface area (Å²) in [5.74, 6) is 0. The van der Waals surface area contributed by atoms with E-state index in [2.05, 4.69) is 0 Å². The smallest absolute Gasteiger partial charge is 0.382 e. The highest BCUT2D eigenvalue weighted by atomic mass is 32.2. The summed E-state index contributed by atoms with van der Waals surface area (Å²) >= 11 is 0.679. The Morgan fingerprint density at radius 1 is 1.00 bits per heavy atom. The fourth-order valence-corrected chi connectivity index (χ4v) is 2.25. The molecule has 1 fully saturated rings. The van der Waals surface area contributed by atoms with Crippen LogP contribution in [0.2, 0.25) is 0 Å². The van der Waals surface area contributed by atoms with Gasteiger partial charge in [0.2, 0.25) is 0 Å². The van der Waals surface area contributed by atoms with Crippen LogP contribution >= 0.6 is 11.9 Å². The Kier molecular flexibility index (Phi) is 6.85. The lowest BCUT2D eigenvalue weighted by Crippen LogP contribution is -2.17. The Hall–Kier alpha value is -0.220. The van der Waals surface area contributed by atoms with Crippen LogP contribution in [0.25, 0.3) is 0 Å². The van der Waals surface area contributed by atoms with Crippen LogP contribution in [-0.4, -0.2) is 11.4 Å². The Morgan fingerprint density at radius 2 is 1.47 bits per heavy atom. The van der Waals surface area contributed by atoms with Gasteiger partial charge in [-0.25, -0.2) is 4.79 Å². The third-order valence-corrected chi connectivity index (χ3v) is 3.20. The van der Waals surface area contributed by atoms with Gasteiger partial charge in [0.1, 0.15) is 6.10 Å². The first kappa shape index (κ1) is 12.8. The Balaban J connectivity index is 2.28. The highest BCUT2D eigenvalue weighted by Gasteiger charge is 2.14. The molecule has 88 valence electrons. The Bertz CT molecular complexity index is 177. The molecule has 0 atom stereocenters. The van der Waals surface area contributed by atoms with E-state index in [0.717, 1.165) is 12.8 Å². The van der Waals surface area contributed by atoms with E-state index >= 15 is 0 Å². The minimum atomic E-state index is -0.336. The van der Waals surface area contributed by atoms with Gasteiger partial charge in [-0.05, 0) is 25.7 Å². The minimum absolute atomic E-state index is 0.103. The van der Waals surface area contributed by atoms with Crippen LogP contribution in [0, 0.1) is 0 Å². The molecule has 3 nitrogen and oxygen atoms in total. The average molecular weight is 231 g/mol. The molecule has 2 N–H and O–H groups in total. The van der Waals surface area contributed by atoms with Gasteiger partial charge in [-0.3, -0.25) is 5.14 Å². The molecule has 1 aliphatic carbocycles. The first-order valence-corrected chi connectivity index (χ1v) is 6.78. The first-order valence-electron chi connectivity index (χ1n) is 5.90. The van der Waals surface area contributed by atoms with Crippen molar-refractivity contribution in [2.75, 3.05) is 0 Å². The largest absolute Gasteiger partial charge is 0.453 e. The van der Waals surface area contributed by atoms with Crippen molar-refractivity contribution >= 4 is 17.2 Å². The maximum atomic E-state index is 11.0. The zero-order valence-corrected chi connectivity index (χ0v) is 10.1. The monoisotopic (exact) mass is 231 g/mol. The molecule has 0 bridgehead atoms. The van der Waals surface area contributed by atoms with Crippen molar-refractivity contribution in [2.45, 2.75) is 63.9 Å². The molecule has 15 heavy (non-hydrogen) atoms. The SMILES string of the molecule is NSC(=O)OC1CCCCCCCCC1. The predicted octanol–water partition coefficient (Wildman–Crippen LogP) is 3.62. The van der Waals surface area contributed by atoms with E-state index in [0.29, 0.717) is 11.9 Å². The second-order valence-electron chi connectivity index (χ2n) is 4.16. The molecular formula is C11H21NO2S. The Morgan fingerprint density at radius 3 is 1.93 bits per heavy atom. The average Bonchev–Trinajstić information content (AvgIpc) is 2.27. The maximum absolute atomic E-state index is 11.0. The molecule has 1 aliphatic rings. The van der Waals surface area contributed by atoms with Crippen LogP contribution in [0.1, 0.15) is 57.8 Å². The highest BCUT2D eigenvalue weighted by molar-refractivity contribution is 8.11. The summed E-state index contributed by atoms with van der Waals surface area (Å²) in [7, 11) is 0. The number of carbonyl (C=O) groups is 1. The predicted molar refractivity (Wildman–Crippen MR) is 63.6 cm³/mol. The standard InChI is InChI=1S/C11H21NO2S/c12-15-11(13)14-10-8-6-4-2-1-3-5-7-9-10/h10H,1-9,12H2. The van der Waals surface area contributed by atoms with Crippen LogP contribution in [0.15, 0.2) is 0 Å². The number of rotatable bonds is 1. The van der Waals surface area contributed by atoms with Gasteiger partial charge < -0.3 is 4.74 Å². The summed E-state index contributed by atoms with van der Waals surface area (Å²) < 4.78 is 5.27. The van der Waals surface area contributed by atoms with Crippen LogP contribution < -0.4 is 5.14 Å². The van der Waals surface area contributed by atoms with Crippen LogP contribution in [0.5, 0.6) is 0 Å². The van der Waals surface area contributed by atoms with Crippen molar-refractivity contribution < 1.29 is 9.53 Å². The molecule has 0 aliphatic heterocycles. The van der Waals surface area contributed by atoms with Crippen LogP contribution in [-0.2, 0) is 4.74 Å². The van der Waals surface area contributed by atoms with Crippen molar-refractivity contribution in [3.05, 3.63) is 0 Å². The normalized spacial score (nSPS) is 20.9. The van der Waals surface area contributed by atoms with E-state index in [9.17, 15) is 4.79 Å². The minimum Gasteiger partial charge on any atom is -0.453 e. The first-order chi connectivity index (χ1) is 7.33. The number of ether oxygens (including phenoxy) is 1. The third-order valence-electron chi connectivity index (χ3n) is 2.91. The molecule has 4 heteroatoms. The molecule has 0 radical (unpaired) electrons. The van der Waals surface area contributed by atoms with Gasteiger partial charge in [0.05, 0.1) is 0 Å². The van der Waals surface area contributed by atoms with Crippen LogP contribution in [0.3, 0.4) is 0 Å². The van der Waals surface area contributed by atoms with Gasteiger partial charge in [-0.2, -0.15) is 0 Å². The van der Waals surface area contributed by atoms with Gasteiger partial charge in [0.25, 0.3) is 0 Å². The lowest BCUT2D eigenvalue weighted by Gasteiger charge is -2.18. The number of hydrogen-bond donors (Lipinski definition) is 1. The zero-order valence-electron chi connectivity index (χ0n) is 9.24. The topological polar surface area (TPSA) is 52.3 Å². The van der Waals surface area contributed by atoms with E-state index < -0.39 is 0 Å². The molecule has 0 saturated heterocycles. The zero-order chi connectivity index (χ0) is 10.9. The molecule has 0 amide bonds. The van der Waals surface area contributed by atoms with E-state index in [1.54, 1.807) is 0 Å². The Labute approximate surface area is 96.3 Å². The second-order valence-corrected chi connectivity index (χ2v) is 4.73. The second kappa shape index (κ2) is 7.99. The lowest BCUT2D eigenvalue weighted by molar-refractivity contribution is 0.106. The summed E-state index contributed by atoms with van der Waals surface area (Å²) in [5.41, 5.74) is 0. The molecular weight excluding hydrogens is 210 g/mol. The van der Waals surface area contributed by atoms with Crippen LogP contribution in [0.4, 0.5) is 4.79 Å². The molecule has 1 saturated carbocycles. The number of hydrogen-bond acceptors (Lipinski definition) is 4. The fourth-order valence-electron chi connectivity index (χ4n) is 2.05. The third kappa shape index (κ3) is 6.05. The molecule has 1 rings (SSSR count). The summed E-state index contributed by atoms with van der Waals surface area (Å²) in [6.07, 6.45) is 11.0. The summed E-state index contributed by atoms with van der Waals surface area (Å²) in [6.45, 7) is 0. The summed E-state index contributed by atoms with van der Waals surface area (Å²) in [5, 5.41) is 4.82. The number of nitrogens with two attached hydrogens (primary N) is 1. The number of carbonyl (C=O) groups excluding carboxylic acids is 1. The van der Waals surface area contributed by atoms with Crippen molar-refractivity contribution in [1.82, 2.24) is 0 Å². The van der Waals surface area contributed by atoms with E-state index in [4.69, 9.17) is 9.88 Å². The lowest BCUT2D eigenvalue weighted by atomic mass is 9.99. The fraction of sp³-hybridized carbons (Fsp3) is 0.909. The van der Waals surface area contributed by atoms with Gasteiger partial charge in [0.15, 0.2) is 0 Å². The molecule has 0 heterocycles. The van der Waals surface area contributed by atoms with E-state index in [-0.39, 0.29) is 11.4 Å². The maximum Gasteiger partial charge on any atom is 0.382 e. The van der Waals surface area contributed by atoms with Gasteiger partial charge in [-0.1, -0.05) is 32.1 Å².